The predicted octanol–water partition coefficient (Wildman–Crippen LogP) is 2.17. The van der Waals surface area contributed by atoms with E-state index in [1.807, 2.05) is 11.6 Å². The summed E-state index contributed by atoms with van der Waals surface area (Å²) in [7, 11) is 0. The summed E-state index contributed by atoms with van der Waals surface area (Å²) in [4.78, 5) is 4.21. The Morgan fingerprint density at radius 3 is 2.88 bits per heavy atom. The maximum atomic E-state index is 10.1. The van der Waals surface area contributed by atoms with E-state index in [0.717, 1.165) is 24.7 Å². The molecule has 0 spiro atoms. The summed E-state index contributed by atoms with van der Waals surface area (Å²) in [5, 5.41) is 14.2. The normalized spacial score (nSPS) is 19.4. The fraction of sp³-hybridized carbons (Fsp3) is 0.846. The molecule has 4 nitrogen and oxygen atoms in total. The first-order chi connectivity index (χ1) is 8.29. The van der Waals surface area contributed by atoms with Gasteiger partial charge in [0.1, 0.15) is 12.2 Å². The minimum atomic E-state index is -0.257. The molecule has 0 aliphatic heterocycles. The van der Waals surface area contributed by atoms with Gasteiger partial charge in [-0.15, -0.1) is 0 Å². The zero-order valence-corrected chi connectivity index (χ0v) is 10.7. The van der Waals surface area contributed by atoms with Crippen LogP contribution in [0.1, 0.15) is 51.3 Å². The third-order valence-electron chi connectivity index (χ3n) is 3.74. The van der Waals surface area contributed by atoms with Crippen molar-refractivity contribution in [2.45, 2.75) is 64.5 Å². The number of rotatable bonds is 5. The summed E-state index contributed by atoms with van der Waals surface area (Å²) in [6.07, 6.45) is 9.51. The number of aliphatic hydroxyl groups is 1. The fourth-order valence-electron chi connectivity index (χ4n) is 2.81. The SMILES string of the molecule is CCn1ncnc1CC(O)CC1CCCCC1. The molecule has 1 aliphatic carbocycles. The van der Waals surface area contributed by atoms with Crippen LogP contribution in [-0.2, 0) is 13.0 Å². The van der Waals surface area contributed by atoms with Crippen molar-refractivity contribution in [2.24, 2.45) is 5.92 Å². The number of hydrogen-bond acceptors (Lipinski definition) is 3. The van der Waals surface area contributed by atoms with Gasteiger partial charge in [-0.2, -0.15) is 5.10 Å². The molecule has 1 fully saturated rings. The van der Waals surface area contributed by atoms with Gasteiger partial charge in [0.2, 0.25) is 0 Å². The van der Waals surface area contributed by atoms with Crippen molar-refractivity contribution < 1.29 is 5.11 Å². The van der Waals surface area contributed by atoms with E-state index in [4.69, 9.17) is 0 Å². The predicted molar refractivity (Wildman–Crippen MR) is 66.6 cm³/mol. The van der Waals surface area contributed by atoms with Gasteiger partial charge in [0.15, 0.2) is 0 Å². The van der Waals surface area contributed by atoms with Crippen LogP contribution >= 0.6 is 0 Å². The Morgan fingerprint density at radius 1 is 1.41 bits per heavy atom. The number of nitrogens with zero attached hydrogens (tertiary/aromatic N) is 3. The van der Waals surface area contributed by atoms with Gasteiger partial charge in [-0.25, -0.2) is 4.98 Å². The third kappa shape index (κ3) is 3.53. The minimum absolute atomic E-state index is 0.257. The Bertz CT molecular complexity index is 331. The monoisotopic (exact) mass is 237 g/mol. The second-order valence-corrected chi connectivity index (χ2v) is 5.09. The van der Waals surface area contributed by atoms with E-state index in [2.05, 4.69) is 10.1 Å². The van der Waals surface area contributed by atoms with Gasteiger partial charge in [0.25, 0.3) is 0 Å². The van der Waals surface area contributed by atoms with Crippen LogP contribution in [0.2, 0.25) is 0 Å². The Balaban J connectivity index is 1.82. The number of aromatic nitrogens is 3. The van der Waals surface area contributed by atoms with Crippen molar-refractivity contribution in [3.05, 3.63) is 12.2 Å². The van der Waals surface area contributed by atoms with Crippen LogP contribution in [0.3, 0.4) is 0 Å². The molecule has 0 aromatic carbocycles. The molecule has 2 rings (SSSR count). The van der Waals surface area contributed by atoms with E-state index in [-0.39, 0.29) is 6.10 Å². The highest BCUT2D eigenvalue weighted by molar-refractivity contribution is 4.88. The first kappa shape index (κ1) is 12.6. The smallest absolute Gasteiger partial charge is 0.138 e. The fourth-order valence-corrected chi connectivity index (χ4v) is 2.81. The molecule has 96 valence electrons. The van der Waals surface area contributed by atoms with Crippen molar-refractivity contribution >= 4 is 0 Å². The summed E-state index contributed by atoms with van der Waals surface area (Å²) < 4.78 is 1.87. The van der Waals surface area contributed by atoms with Crippen LogP contribution in [0.4, 0.5) is 0 Å². The lowest BCUT2D eigenvalue weighted by Gasteiger charge is -2.23. The van der Waals surface area contributed by atoms with E-state index < -0.39 is 0 Å². The average Bonchev–Trinajstić information content (AvgIpc) is 2.77. The van der Waals surface area contributed by atoms with E-state index >= 15 is 0 Å². The maximum absolute atomic E-state index is 10.1. The Hall–Kier alpha value is -0.900. The first-order valence-corrected chi connectivity index (χ1v) is 6.84. The second-order valence-electron chi connectivity index (χ2n) is 5.09. The minimum Gasteiger partial charge on any atom is -0.393 e. The van der Waals surface area contributed by atoms with Gasteiger partial charge in [-0.3, -0.25) is 4.68 Å². The molecule has 1 aromatic heterocycles. The molecule has 1 N–H and O–H groups in total. The largest absolute Gasteiger partial charge is 0.393 e. The molecule has 0 amide bonds. The summed E-state index contributed by atoms with van der Waals surface area (Å²) in [6.45, 7) is 2.87. The molecule has 0 radical (unpaired) electrons. The molecule has 4 heteroatoms. The average molecular weight is 237 g/mol. The quantitative estimate of drug-likeness (QED) is 0.854. The lowest BCUT2D eigenvalue weighted by Crippen LogP contribution is -2.20. The van der Waals surface area contributed by atoms with E-state index in [9.17, 15) is 5.11 Å². The number of hydrogen-bond donors (Lipinski definition) is 1. The Morgan fingerprint density at radius 2 is 2.18 bits per heavy atom. The van der Waals surface area contributed by atoms with E-state index in [1.54, 1.807) is 6.33 Å². The van der Waals surface area contributed by atoms with Crippen molar-refractivity contribution in [3.8, 4) is 0 Å². The lowest BCUT2D eigenvalue weighted by atomic mass is 9.85. The summed E-state index contributed by atoms with van der Waals surface area (Å²) >= 11 is 0. The number of aliphatic hydroxyl groups excluding tert-OH is 1. The molecular weight excluding hydrogens is 214 g/mol. The molecule has 1 aromatic rings. The van der Waals surface area contributed by atoms with Crippen molar-refractivity contribution in [1.29, 1.82) is 0 Å². The molecule has 1 aliphatic rings. The number of aryl methyl sites for hydroxylation is 1. The van der Waals surface area contributed by atoms with E-state index in [1.165, 1.54) is 32.1 Å². The summed E-state index contributed by atoms with van der Waals surface area (Å²) in [5.74, 6) is 1.63. The zero-order chi connectivity index (χ0) is 12.1. The van der Waals surface area contributed by atoms with Crippen LogP contribution in [0.5, 0.6) is 0 Å². The highest BCUT2D eigenvalue weighted by Gasteiger charge is 2.19. The van der Waals surface area contributed by atoms with Crippen LogP contribution in [0.25, 0.3) is 0 Å². The van der Waals surface area contributed by atoms with Crippen molar-refractivity contribution in [3.63, 3.8) is 0 Å². The standard InChI is InChI=1S/C13H23N3O/c1-2-16-13(14-10-15-16)9-12(17)8-11-6-4-3-5-7-11/h10-12,17H,2-9H2,1H3. The molecule has 17 heavy (non-hydrogen) atoms. The highest BCUT2D eigenvalue weighted by atomic mass is 16.3. The van der Waals surface area contributed by atoms with Crippen LogP contribution in [-0.4, -0.2) is 26.0 Å². The molecule has 1 heterocycles. The molecule has 1 unspecified atom stereocenters. The van der Waals surface area contributed by atoms with Gasteiger partial charge in [0.05, 0.1) is 6.10 Å². The van der Waals surface area contributed by atoms with Gasteiger partial charge < -0.3 is 5.11 Å². The van der Waals surface area contributed by atoms with Gasteiger partial charge in [-0.1, -0.05) is 32.1 Å². The van der Waals surface area contributed by atoms with Crippen molar-refractivity contribution in [2.75, 3.05) is 0 Å². The summed E-state index contributed by atoms with van der Waals surface area (Å²) in [6, 6.07) is 0. The molecule has 1 saturated carbocycles. The lowest BCUT2D eigenvalue weighted by molar-refractivity contribution is 0.127. The topological polar surface area (TPSA) is 50.9 Å². The molecule has 1 atom stereocenters. The Kier molecular flexibility index (Phi) is 4.54. The van der Waals surface area contributed by atoms with Crippen LogP contribution in [0.15, 0.2) is 6.33 Å². The summed E-state index contributed by atoms with van der Waals surface area (Å²) in [5.41, 5.74) is 0. The molecule has 0 saturated heterocycles. The van der Waals surface area contributed by atoms with Crippen LogP contribution < -0.4 is 0 Å². The first-order valence-electron chi connectivity index (χ1n) is 6.84. The van der Waals surface area contributed by atoms with Crippen LogP contribution in [0, 0.1) is 5.92 Å². The zero-order valence-electron chi connectivity index (χ0n) is 10.7. The second kappa shape index (κ2) is 6.15. The van der Waals surface area contributed by atoms with Gasteiger partial charge in [0, 0.05) is 13.0 Å². The maximum Gasteiger partial charge on any atom is 0.138 e. The molecule has 0 bridgehead atoms. The highest BCUT2D eigenvalue weighted by Crippen LogP contribution is 2.27. The van der Waals surface area contributed by atoms with Gasteiger partial charge in [-0.05, 0) is 19.3 Å². The third-order valence-corrected chi connectivity index (χ3v) is 3.74. The molecular formula is C13H23N3O. The van der Waals surface area contributed by atoms with E-state index in [0.29, 0.717) is 6.42 Å². The Labute approximate surface area is 103 Å². The van der Waals surface area contributed by atoms with Gasteiger partial charge >= 0.3 is 0 Å². The van der Waals surface area contributed by atoms with Crippen molar-refractivity contribution in [1.82, 2.24) is 14.8 Å².